The maximum atomic E-state index is 12.5. The number of hydrogen-bond donors (Lipinski definition) is 1. The Hall–Kier alpha value is -1.51. The molecule has 2 saturated carbocycles. The van der Waals surface area contributed by atoms with Gasteiger partial charge >= 0.3 is 0 Å². The minimum Gasteiger partial charge on any atom is -0.399 e. The molecule has 2 aliphatic carbocycles. The van der Waals surface area contributed by atoms with Gasteiger partial charge in [0.15, 0.2) is 0 Å². The van der Waals surface area contributed by atoms with Crippen molar-refractivity contribution in [2.45, 2.75) is 32.6 Å². The molecule has 108 valence electrons. The Balaban J connectivity index is 1.65. The van der Waals surface area contributed by atoms with Gasteiger partial charge in [-0.3, -0.25) is 4.79 Å². The lowest BCUT2D eigenvalue weighted by Gasteiger charge is -2.27. The lowest BCUT2D eigenvalue weighted by Crippen LogP contribution is -2.33. The summed E-state index contributed by atoms with van der Waals surface area (Å²) in [6.07, 6.45) is 5.51. The Morgan fingerprint density at radius 3 is 2.75 bits per heavy atom. The average molecular weight is 272 g/mol. The van der Waals surface area contributed by atoms with E-state index in [9.17, 15) is 4.79 Å². The summed E-state index contributed by atoms with van der Waals surface area (Å²) in [4.78, 5) is 14.4. The van der Waals surface area contributed by atoms with E-state index in [2.05, 4.69) is 0 Å². The first-order chi connectivity index (χ1) is 9.54. The molecule has 0 aromatic heterocycles. The molecular weight excluding hydrogens is 248 g/mol. The number of carbonyl (C=O) groups is 1. The van der Waals surface area contributed by atoms with E-state index < -0.39 is 0 Å². The van der Waals surface area contributed by atoms with Crippen LogP contribution < -0.4 is 5.73 Å². The Labute approximate surface area is 121 Å². The van der Waals surface area contributed by atoms with Crippen molar-refractivity contribution in [1.82, 2.24) is 4.90 Å². The van der Waals surface area contributed by atoms with E-state index >= 15 is 0 Å². The number of nitrogens with zero attached hydrogens (tertiary/aromatic N) is 1. The van der Waals surface area contributed by atoms with Gasteiger partial charge in [-0.2, -0.15) is 0 Å². The molecule has 2 bridgehead atoms. The fraction of sp³-hybridized carbons (Fsp3) is 0.588. The van der Waals surface area contributed by atoms with E-state index in [1.165, 1.54) is 25.7 Å². The smallest absolute Gasteiger partial charge is 0.253 e. The van der Waals surface area contributed by atoms with Crippen molar-refractivity contribution in [2.24, 2.45) is 17.8 Å². The highest BCUT2D eigenvalue weighted by atomic mass is 16.2. The van der Waals surface area contributed by atoms with Crippen LogP contribution in [0.25, 0.3) is 0 Å². The number of anilines is 1. The number of carbonyl (C=O) groups excluding carboxylic acids is 1. The molecule has 2 aliphatic rings. The molecule has 0 radical (unpaired) electrons. The first-order valence-electron chi connectivity index (χ1n) is 7.66. The molecule has 3 unspecified atom stereocenters. The maximum Gasteiger partial charge on any atom is 0.253 e. The van der Waals surface area contributed by atoms with Crippen LogP contribution in [0, 0.1) is 24.7 Å². The third-order valence-electron chi connectivity index (χ3n) is 5.26. The van der Waals surface area contributed by atoms with Gasteiger partial charge < -0.3 is 10.6 Å². The molecule has 3 nitrogen and oxygen atoms in total. The van der Waals surface area contributed by atoms with E-state index in [1.54, 1.807) is 0 Å². The lowest BCUT2D eigenvalue weighted by atomic mass is 9.88. The topological polar surface area (TPSA) is 46.3 Å². The van der Waals surface area contributed by atoms with Crippen LogP contribution in [0.15, 0.2) is 18.2 Å². The first kappa shape index (κ1) is 13.5. The molecule has 1 amide bonds. The quantitative estimate of drug-likeness (QED) is 0.859. The number of aryl methyl sites for hydroxylation is 1. The molecule has 3 atom stereocenters. The zero-order valence-electron chi connectivity index (χ0n) is 12.4. The largest absolute Gasteiger partial charge is 0.399 e. The lowest BCUT2D eigenvalue weighted by molar-refractivity contribution is 0.0754. The van der Waals surface area contributed by atoms with E-state index in [0.29, 0.717) is 0 Å². The standard InChI is InChI=1S/C17H24N2O/c1-11-7-14(5-6-16(11)18)17(20)19(2)10-15-9-12-3-4-13(15)8-12/h5-7,12-13,15H,3-4,8-10,18H2,1-2H3. The zero-order chi connectivity index (χ0) is 14.3. The molecule has 0 heterocycles. The summed E-state index contributed by atoms with van der Waals surface area (Å²) in [5, 5.41) is 0. The molecule has 2 fully saturated rings. The van der Waals surface area contributed by atoms with Crippen LogP contribution in [0.3, 0.4) is 0 Å². The number of amides is 1. The highest BCUT2D eigenvalue weighted by Crippen LogP contribution is 2.48. The molecular formula is C17H24N2O. The molecule has 3 heteroatoms. The van der Waals surface area contributed by atoms with Crippen LogP contribution in [0.5, 0.6) is 0 Å². The fourth-order valence-electron chi connectivity index (χ4n) is 4.06. The number of rotatable bonds is 3. The van der Waals surface area contributed by atoms with Crippen molar-refractivity contribution in [3.63, 3.8) is 0 Å². The van der Waals surface area contributed by atoms with Crippen LogP contribution in [0.4, 0.5) is 5.69 Å². The van der Waals surface area contributed by atoms with Gasteiger partial charge in [-0.15, -0.1) is 0 Å². The summed E-state index contributed by atoms with van der Waals surface area (Å²) in [7, 11) is 1.93. The molecule has 0 spiro atoms. The van der Waals surface area contributed by atoms with Crippen LogP contribution in [-0.4, -0.2) is 24.4 Å². The van der Waals surface area contributed by atoms with Crippen molar-refractivity contribution in [3.8, 4) is 0 Å². The number of hydrogen-bond acceptors (Lipinski definition) is 2. The third kappa shape index (κ3) is 2.41. The Bertz CT molecular complexity index is 526. The van der Waals surface area contributed by atoms with Gasteiger partial charge in [0.1, 0.15) is 0 Å². The van der Waals surface area contributed by atoms with Crippen molar-refractivity contribution >= 4 is 11.6 Å². The Morgan fingerprint density at radius 1 is 1.35 bits per heavy atom. The van der Waals surface area contributed by atoms with Gasteiger partial charge in [0, 0.05) is 24.8 Å². The number of fused-ring (bicyclic) bond motifs is 2. The Morgan fingerprint density at radius 2 is 2.15 bits per heavy atom. The van der Waals surface area contributed by atoms with Crippen LogP contribution in [0.1, 0.15) is 41.6 Å². The van der Waals surface area contributed by atoms with Gasteiger partial charge in [0.2, 0.25) is 0 Å². The van der Waals surface area contributed by atoms with E-state index in [-0.39, 0.29) is 5.91 Å². The van der Waals surface area contributed by atoms with Crippen molar-refractivity contribution in [3.05, 3.63) is 29.3 Å². The summed E-state index contributed by atoms with van der Waals surface area (Å²) < 4.78 is 0. The van der Waals surface area contributed by atoms with Crippen LogP contribution in [-0.2, 0) is 0 Å². The first-order valence-corrected chi connectivity index (χ1v) is 7.66. The normalized spacial score (nSPS) is 27.8. The molecule has 0 saturated heterocycles. The minimum atomic E-state index is 0.121. The van der Waals surface area contributed by atoms with E-state index in [1.807, 2.05) is 37.1 Å². The fourth-order valence-corrected chi connectivity index (χ4v) is 4.06. The van der Waals surface area contributed by atoms with E-state index in [0.717, 1.165) is 41.1 Å². The monoisotopic (exact) mass is 272 g/mol. The van der Waals surface area contributed by atoms with Gasteiger partial charge in [-0.25, -0.2) is 0 Å². The number of nitrogens with two attached hydrogens (primary N) is 1. The maximum absolute atomic E-state index is 12.5. The number of benzene rings is 1. The van der Waals surface area contributed by atoms with Crippen LogP contribution >= 0.6 is 0 Å². The third-order valence-corrected chi connectivity index (χ3v) is 5.26. The zero-order valence-corrected chi connectivity index (χ0v) is 12.4. The summed E-state index contributed by atoms with van der Waals surface area (Å²) >= 11 is 0. The molecule has 1 aromatic carbocycles. The Kier molecular flexibility index (Phi) is 3.45. The molecule has 0 aliphatic heterocycles. The summed E-state index contributed by atoms with van der Waals surface area (Å²) in [6, 6.07) is 5.56. The average Bonchev–Trinajstić information content (AvgIpc) is 3.03. The summed E-state index contributed by atoms with van der Waals surface area (Å²) in [6.45, 7) is 2.85. The molecule has 20 heavy (non-hydrogen) atoms. The van der Waals surface area contributed by atoms with Gasteiger partial charge in [-0.1, -0.05) is 6.42 Å². The predicted octanol–water partition coefficient (Wildman–Crippen LogP) is 3.09. The van der Waals surface area contributed by atoms with Gasteiger partial charge in [0.25, 0.3) is 5.91 Å². The second-order valence-electron chi connectivity index (χ2n) is 6.69. The SMILES string of the molecule is Cc1cc(C(=O)N(C)CC2CC3CCC2C3)ccc1N. The van der Waals surface area contributed by atoms with Gasteiger partial charge in [-0.05, 0) is 67.7 Å². The van der Waals surface area contributed by atoms with E-state index in [4.69, 9.17) is 5.73 Å². The van der Waals surface area contributed by atoms with Crippen molar-refractivity contribution < 1.29 is 4.79 Å². The van der Waals surface area contributed by atoms with Crippen molar-refractivity contribution in [1.29, 1.82) is 0 Å². The predicted molar refractivity (Wildman–Crippen MR) is 81.5 cm³/mol. The summed E-state index contributed by atoms with van der Waals surface area (Å²) in [5.41, 5.74) is 8.29. The van der Waals surface area contributed by atoms with Crippen molar-refractivity contribution in [2.75, 3.05) is 19.3 Å². The second kappa shape index (κ2) is 5.12. The second-order valence-corrected chi connectivity index (χ2v) is 6.69. The summed E-state index contributed by atoms with van der Waals surface area (Å²) in [5.74, 6) is 2.64. The minimum absolute atomic E-state index is 0.121. The molecule has 3 rings (SSSR count). The molecule has 1 aromatic rings. The number of nitrogen functional groups attached to an aromatic ring is 1. The highest BCUT2D eigenvalue weighted by Gasteiger charge is 2.40. The van der Waals surface area contributed by atoms with Crippen LogP contribution in [0.2, 0.25) is 0 Å². The molecule has 2 N–H and O–H groups in total. The van der Waals surface area contributed by atoms with Gasteiger partial charge in [0.05, 0.1) is 0 Å². The highest BCUT2D eigenvalue weighted by molar-refractivity contribution is 5.94.